The van der Waals surface area contributed by atoms with Gasteiger partial charge in [-0.1, -0.05) is 42.0 Å². The van der Waals surface area contributed by atoms with Crippen molar-refractivity contribution in [1.82, 2.24) is 14.9 Å². The molecule has 2 aliphatic rings. The van der Waals surface area contributed by atoms with Crippen molar-refractivity contribution in [3.05, 3.63) is 83.3 Å². The number of amides is 1. The summed E-state index contributed by atoms with van der Waals surface area (Å²) < 4.78 is 11.8. The van der Waals surface area contributed by atoms with Crippen LogP contribution in [0.15, 0.2) is 60.9 Å². The summed E-state index contributed by atoms with van der Waals surface area (Å²) >= 11 is 0. The van der Waals surface area contributed by atoms with Crippen LogP contribution in [0.4, 0.5) is 0 Å². The van der Waals surface area contributed by atoms with E-state index in [0.29, 0.717) is 32.2 Å². The summed E-state index contributed by atoms with van der Waals surface area (Å²) in [4.78, 5) is 25.2. The maximum atomic E-state index is 14.0. The van der Waals surface area contributed by atoms with E-state index in [1.54, 1.807) is 12.4 Å². The number of hydrogen-bond acceptors (Lipinski definition) is 5. The molecule has 182 valence electrons. The second kappa shape index (κ2) is 10.2. The van der Waals surface area contributed by atoms with Gasteiger partial charge in [0.25, 0.3) is 0 Å². The monoisotopic (exact) mass is 471 g/mol. The molecule has 5 rings (SSSR count). The second-order valence-corrected chi connectivity index (χ2v) is 9.80. The third-order valence-corrected chi connectivity index (χ3v) is 7.39. The number of likely N-dealkylation sites (tertiary alicyclic amines) is 1. The molecule has 2 saturated heterocycles. The summed E-state index contributed by atoms with van der Waals surface area (Å²) in [7, 11) is 0. The number of nitrogens with zero attached hydrogens (tertiary/aromatic N) is 3. The molecule has 2 aromatic carbocycles. The maximum Gasteiger partial charge on any atom is 0.241 e. The van der Waals surface area contributed by atoms with Crippen LogP contribution in [0.1, 0.15) is 54.0 Å². The van der Waals surface area contributed by atoms with Gasteiger partial charge in [0.05, 0.1) is 5.41 Å². The molecule has 0 atom stereocenters. The Morgan fingerprint density at radius 2 is 1.66 bits per heavy atom. The topological polar surface area (TPSA) is 64.6 Å². The van der Waals surface area contributed by atoms with Crippen molar-refractivity contribution in [3.63, 3.8) is 0 Å². The maximum absolute atomic E-state index is 14.0. The molecule has 0 N–H and O–H groups in total. The van der Waals surface area contributed by atoms with Gasteiger partial charge in [-0.3, -0.25) is 9.78 Å². The first-order valence-electron chi connectivity index (χ1n) is 12.5. The zero-order valence-corrected chi connectivity index (χ0v) is 20.6. The molecular formula is C29H33N3O3. The van der Waals surface area contributed by atoms with Crippen molar-refractivity contribution in [3.8, 4) is 11.6 Å². The van der Waals surface area contributed by atoms with Gasteiger partial charge in [-0.05, 0) is 62.8 Å². The van der Waals surface area contributed by atoms with E-state index in [0.717, 1.165) is 48.3 Å². The molecule has 35 heavy (non-hydrogen) atoms. The molecule has 2 fully saturated rings. The molecule has 0 bridgehead atoms. The lowest BCUT2D eigenvalue weighted by Gasteiger charge is -2.42. The highest BCUT2D eigenvalue weighted by molar-refractivity contribution is 5.88. The Morgan fingerprint density at radius 1 is 0.971 bits per heavy atom. The first-order valence-corrected chi connectivity index (χ1v) is 12.5. The molecule has 0 aliphatic carbocycles. The van der Waals surface area contributed by atoms with Crippen LogP contribution in [0.2, 0.25) is 0 Å². The van der Waals surface area contributed by atoms with Crippen LogP contribution in [-0.2, 0) is 14.9 Å². The van der Waals surface area contributed by atoms with Gasteiger partial charge in [0.15, 0.2) is 0 Å². The summed E-state index contributed by atoms with van der Waals surface area (Å²) in [6, 6.07) is 16.4. The van der Waals surface area contributed by atoms with Gasteiger partial charge in [0.1, 0.15) is 11.4 Å². The molecule has 0 saturated carbocycles. The van der Waals surface area contributed by atoms with E-state index in [9.17, 15) is 4.79 Å². The van der Waals surface area contributed by atoms with E-state index in [-0.39, 0.29) is 11.8 Å². The third-order valence-electron chi connectivity index (χ3n) is 7.39. The molecule has 0 radical (unpaired) electrons. The number of ether oxygens (including phenoxy) is 2. The highest BCUT2D eigenvalue weighted by atomic mass is 16.5. The fourth-order valence-electron chi connectivity index (χ4n) is 5.43. The van der Waals surface area contributed by atoms with E-state index in [1.807, 2.05) is 31.2 Å². The van der Waals surface area contributed by atoms with Crippen LogP contribution in [0.25, 0.3) is 0 Å². The zero-order valence-electron chi connectivity index (χ0n) is 20.6. The minimum Gasteiger partial charge on any atom is -0.437 e. The standard InChI is InChI=1S/C29H33N3O3/c1-21-5-3-7-24(19-21)29(11-17-34-18-12-29)28(33)32-15-9-23(10-16-32)26-27(31-14-13-30-26)35-25-8-4-6-22(2)20-25/h3-8,13-14,19-20,23H,9-12,15-18H2,1-2H3. The smallest absolute Gasteiger partial charge is 0.241 e. The molecule has 6 heteroatoms. The molecule has 0 unspecified atom stereocenters. The lowest BCUT2D eigenvalue weighted by molar-refractivity contribution is -0.142. The predicted octanol–water partition coefficient (Wildman–Crippen LogP) is 5.34. The van der Waals surface area contributed by atoms with Crippen molar-refractivity contribution in [1.29, 1.82) is 0 Å². The number of hydrogen-bond donors (Lipinski definition) is 0. The Balaban J connectivity index is 1.32. The summed E-state index contributed by atoms with van der Waals surface area (Å²) in [5, 5.41) is 0. The second-order valence-electron chi connectivity index (χ2n) is 9.80. The van der Waals surface area contributed by atoms with Crippen molar-refractivity contribution >= 4 is 5.91 Å². The highest BCUT2D eigenvalue weighted by Gasteiger charge is 2.45. The molecule has 0 spiro atoms. The fourth-order valence-corrected chi connectivity index (χ4v) is 5.43. The Morgan fingerprint density at radius 3 is 2.37 bits per heavy atom. The van der Waals surface area contributed by atoms with E-state index < -0.39 is 5.41 Å². The molecule has 3 aromatic rings. The minimum absolute atomic E-state index is 0.206. The number of aromatic nitrogens is 2. The SMILES string of the molecule is Cc1cccc(Oc2nccnc2C2CCN(C(=O)C3(c4cccc(C)c4)CCOCC3)CC2)c1. The quantitative estimate of drug-likeness (QED) is 0.503. The summed E-state index contributed by atoms with van der Waals surface area (Å²) in [6.45, 7) is 6.78. The number of aryl methyl sites for hydroxylation is 2. The van der Waals surface area contributed by atoms with Gasteiger partial charge in [-0.15, -0.1) is 0 Å². The summed E-state index contributed by atoms with van der Waals surface area (Å²) in [5.74, 6) is 1.76. The van der Waals surface area contributed by atoms with Gasteiger partial charge >= 0.3 is 0 Å². The zero-order chi connectivity index (χ0) is 24.3. The van der Waals surface area contributed by atoms with Crippen LogP contribution < -0.4 is 4.74 Å². The molecule has 3 heterocycles. The molecular weight excluding hydrogens is 438 g/mol. The summed E-state index contributed by atoms with van der Waals surface area (Å²) in [6.07, 6.45) is 6.54. The van der Waals surface area contributed by atoms with Crippen LogP contribution in [0.3, 0.4) is 0 Å². The normalized spacial score (nSPS) is 18.3. The number of carbonyl (C=O) groups excluding carboxylic acids is 1. The number of piperidine rings is 1. The van der Waals surface area contributed by atoms with Crippen molar-refractivity contribution in [2.24, 2.45) is 0 Å². The average Bonchev–Trinajstić information content (AvgIpc) is 2.89. The molecule has 1 amide bonds. The lowest BCUT2D eigenvalue weighted by atomic mass is 9.72. The summed E-state index contributed by atoms with van der Waals surface area (Å²) in [5.41, 5.74) is 3.82. The van der Waals surface area contributed by atoms with Crippen molar-refractivity contribution in [2.45, 2.75) is 50.9 Å². The number of rotatable bonds is 5. The fraction of sp³-hybridized carbons (Fsp3) is 0.414. The van der Waals surface area contributed by atoms with E-state index in [4.69, 9.17) is 9.47 Å². The lowest BCUT2D eigenvalue weighted by Crippen LogP contribution is -2.52. The van der Waals surface area contributed by atoms with Gasteiger partial charge in [-0.2, -0.15) is 0 Å². The Hall–Kier alpha value is -3.25. The van der Waals surface area contributed by atoms with Gasteiger partial charge in [-0.25, -0.2) is 4.98 Å². The molecule has 6 nitrogen and oxygen atoms in total. The third kappa shape index (κ3) is 4.94. The van der Waals surface area contributed by atoms with Crippen LogP contribution in [0, 0.1) is 13.8 Å². The van der Waals surface area contributed by atoms with Crippen LogP contribution in [0.5, 0.6) is 11.6 Å². The van der Waals surface area contributed by atoms with E-state index in [1.165, 1.54) is 5.56 Å². The van der Waals surface area contributed by atoms with Crippen LogP contribution in [-0.4, -0.2) is 47.1 Å². The largest absolute Gasteiger partial charge is 0.437 e. The first-order chi connectivity index (χ1) is 17.0. The molecule has 2 aliphatic heterocycles. The number of benzene rings is 2. The van der Waals surface area contributed by atoms with Crippen molar-refractivity contribution in [2.75, 3.05) is 26.3 Å². The Labute approximate surface area is 207 Å². The van der Waals surface area contributed by atoms with Crippen molar-refractivity contribution < 1.29 is 14.3 Å². The minimum atomic E-state index is -0.497. The first kappa shape index (κ1) is 23.5. The van der Waals surface area contributed by atoms with Gasteiger partial charge in [0, 0.05) is 44.6 Å². The Bertz CT molecular complexity index is 1180. The number of carbonyl (C=O) groups is 1. The average molecular weight is 472 g/mol. The van der Waals surface area contributed by atoms with E-state index in [2.05, 4.69) is 46.1 Å². The predicted molar refractivity (Wildman–Crippen MR) is 135 cm³/mol. The highest BCUT2D eigenvalue weighted by Crippen LogP contribution is 2.40. The van der Waals surface area contributed by atoms with Gasteiger partial charge < -0.3 is 14.4 Å². The van der Waals surface area contributed by atoms with Gasteiger partial charge in [0.2, 0.25) is 11.8 Å². The molecule has 1 aromatic heterocycles. The van der Waals surface area contributed by atoms with Crippen LogP contribution >= 0.6 is 0 Å². The Kier molecular flexibility index (Phi) is 6.82. The van der Waals surface area contributed by atoms with E-state index >= 15 is 0 Å².